The maximum absolute atomic E-state index is 13.8. The third-order valence-electron chi connectivity index (χ3n) is 4.28. The standard InChI is InChI=1S/C19H21F3N2O.2ClH/c20-19(21,22)18(24-12-10-23-11-13-24)16-8-4-5-9-17(16)25-14-15-6-2-1-3-7-15;;/h1-9,18,23H,10-14H2;2*1H/t18-;;/m0../s1. The Morgan fingerprint density at radius 1 is 0.926 bits per heavy atom. The Kier molecular flexibility index (Phi) is 9.39. The normalized spacial score (nSPS) is 16.0. The van der Waals surface area contributed by atoms with E-state index in [0.29, 0.717) is 26.2 Å². The van der Waals surface area contributed by atoms with E-state index in [4.69, 9.17) is 4.74 Å². The van der Waals surface area contributed by atoms with E-state index >= 15 is 0 Å². The van der Waals surface area contributed by atoms with E-state index in [0.717, 1.165) is 5.56 Å². The van der Waals surface area contributed by atoms with E-state index in [1.54, 1.807) is 18.2 Å². The molecule has 1 atom stereocenters. The highest BCUT2D eigenvalue weighted by Gasteiger charge is 2.46. The zero-order valence-corrected chi connectivity index (χ0v) is 16.2. The van der Waals surface area contributed by atoms with Crippen LogP contribution in [0, 0.1) is 0 Å². The Bertz CT molecular complexity index is 680. The van der Waals surface area contributed by atoms with Crippen molar-refractivity contribution in [2.75, 3.05) is 26.2 Å². The van der Waals surface area contributed by atoms with Crippen LogP contribution < -0.4 is 10.1 Å². The van der Waals surface area contributed by atoms with E-state index < -0.39 is 12.2 Å². The molecule has 27 heavy (non-hydrogen) atoms. The predicted octanol–water partition coefficient (Wildman–Crippen LogP) is 4.62. The second-order valence-electron chi connectivity index (χ2n) is 6.04. The lowest BCUT2D eigenvalue weighted by Crippen LogP contribution is -2.49. The molecule has 1 aliphatic rings. The molecule has 0 aromatic heterocycles. The third-order valence-corrected chi connectivity index (χ3v) is 4.28. The molecule has 1 N–H and O–H groups in total. The summed E-state index contributed by atoms with van der Waals surface area (Å²) in [5.74, 6) is 0.284. The fourth-order valence-electron chi connectivity index (χ4n) is 3.09. The highest BCUT2D eigenvalue weighted by Crippen LogP contribution is 2.41. The number of nitrogens with one attached hydrogen (secondary N) is 1. The van der Waals surface area contributed by atoms with Gasteiger partial charge in [0.15, 0.2) is 0 Å². The van der Waals surface area contributed by atoms with Crippen LogP contribution in [0.5, 0.6) is 5.75 Å². The second kappa shape index (κ2) is 10.8. The number of hydrogen-bond acceptors (Lipinski definition) is 3. The molecule has 1 heterocycles. The van der Waals surface area contributed by atoms with Crippen LogP contribution in [-0.2, 0) is 6.61 Å². The molecule has 0 unspecified atom stereocenters. The Balaban J connectivity index is 0.00000182. The van der Waals surface area contributed by atoms with Crippen LogP contribution >= 0.6 is 24.8 Å². The van der Waals surface area contributed by atoms with E-state index in [2.05, 4.69) is 5.32 Å². The topological polar surface area (TPSA) is 24.5 Å². The quantitative estimate of drug-likeness (QED) is 0.760. The third kappa shape index (κ3) is 6.28. The Morgan fingerprint density at radius 2 is 1.52 bits per heavy atom. The maximum atomic E-state index is 13.8. The van der Waals surface area contributed by atoms with Gasteiger partial charge in [-0.2, -0.15) is 13.2 Å². The highest BCUT2D eigenvalue weighted by atomic mass is 35.5. The van der Waals surface area contributed by atoms with Crippen LogP contribution in [-0.4, -0.2) is 37.3 Å². The summed E-state index contributed by atoms with van der Waals surface area (Å²) in [6, 6.07) is 14.2. The number of alkyl halides is 3. The van der Waals surface area contributed by atoms with Crippen LogP contribution in [0.4, 0.5) is 13.2 Å². The number of nitrogens with zero attached hydrogens (tertiary/aromatic N) is 1. The number of rotatable bonds is 5. The van der Waals surface area contributed by atoms with Crippen molar-refractivity contribution in [2.45, 2.75) is 18.8 Å². The van der Waals surface area contributed by atoms with Gasteiger partial charge in [-0.3, -0.25) is 4.90 Å². The summed E-state index contributed by atoms with van der Waals surface area (Å²) >= 11 is 0. The highest BCUT2D eigenvalue weighted by molar-refractivity contribution is 5.85. The molecular weight excluding hydrogens is 400 g/mol. The van der Waals surface area contributed by atoms with Crippen molar-refractivity contribution in [1.82, 2.24) is 10.2 Å². The molecule has 0 bridgehead atoms. The fraction of sp³-hybridized carbons (Fsp3) is 0.368. The Morgan fingerprint density at radius 3 is 2.15 bits per heavy atom. The summed E-state index contributed by atoms with van der Waals surface area (Å²) in [6.45, 7) is 2.07. The van der Waals surface area contributed by atoms with Crippen LogP contribution in [0.15, 0.2) is 54.6 Å². The SMILES string of the molecule is Cl.Cl.FC(F)(F)[C@H](c1ccccc1OCc1ccccc1)N1CCNCC1. The maximum Gasteiger partial charge on any atom is 0.408 e. The van der Waals surface area contributed by atoms with Crippen molar-refractivity contribution in [3.8, 4) is 5.75 Å². The van der Waals surface area contributed by atoms with Gasteiger partial charge in [0.2, 0.25) is 0 Å². The van der Waals surface area contributed by atoms with Gasteiger partial charge in [-0.05, 0) is 11.6 Å². The Hall–Kier alpha value is -1.47. The first-order chi connectivity index (χ1) is 12.1. The number of halogens is 5. The number of para-hydroxylation sites is 1. The number of benzene rings is 2. The Labute approximate surface area is 169 Å². The van der Waals surface area contributed by atoms with E-state index in [-0.39, 0.29) is 42.7 Å². The van der Waals surface area contributed by atoms with Crippen molar-refractivity contribution < 1.29 is 17.9 Å². The second-order valence-corrected chi connectivity index (χ2v) is 6.04. The number of ether oxygens (including phenoxy) is 1. The monoisotopic (exact) mass is 422 g/mol. The lowest BCUT2D eigenvalue weighted by molar-refractivity contribution is -0.188. The van der Waals surface area contributed by atoms with E-state index in [1.807, 2.05) is 30.3 Å². The van der Waals surface area contributed by atoms with Gasteiger partial charge in [0.05, 0.1) is 0 Å². The average Bonchev–Trinajstić information content (AvgIpc) is 2.62. The van der Waals surface area contributed by atoms with E-state index in [1.165, 1.54) is 11.0 Å². The van der Waals surface area contributed by atoms with Crippen molar-refractivity contribution in [2.24, 2.45) is 0 Å². The molecule has 8 heteroatoms. The lowest BCUT2D eigenvalue weighted by atomic mass is 10.0. The molecule has 2 aromatic rings. The van der Waals surface area contributed by atoms with Gasteiger partial charge in [-0.1, -0.05) is 48.5 Å². The molecule has 150 valence electrons. The van der Waals surface area contributed by atoms with Crippen LogP contribution in [0.25, 0.3) is 0 Å². The van der Waals surface area contributed by atoms with Crippen LogP contribution in [0.3, 0.4) is 0 Å². The van der Waals surface area contributed by atoms with Crippen molar-refractivity contribution in [1.29, 1.82) is 0 Å². The first-order valence-corrected chi connectivity index (χ1v) is 8.33. The van der Waals surface area contributed by atoms with Gasteiger partial charge in [0.25, 0.3) is 0 Å². The summed E-state index contributed by atoms with van der Waals surface area (Å²) in [4.78, 5) is 1.47. The van der Waals surface area contributed by atoms with Crippen LogP contribution in [0.1, 0.15) is 17.2 Å². The first-order valence-electron chi connectivity index (χ1n) is 8.33. The summed E-state index contributed by atoms with van der Waals surface area (Å²) in [7, 11) is 0. The predicted molar refractivity (Wildman–Crippen MR) is 105 cm³/mol. The minimum Gasteiger partial charge on any atom is -0.489 e. The van der Waals surface area contributed by atoms with Gasteiger partial charge in [-0.25, -0.2) is 0 Å². The largest absolute Gasteiger partial charge is 0.489 e. The molecule has 3 nitrogen and oxygen atoms in total. The number of piperazine rings is 1. The summed E-state index contributed by atoms with van der Waals surface area (Å²) in [5.41, 5.74) is 1.09. The van der Waals surface area contributed by atoms with E-state index in [9.17, 15) is 13.2 Å². The van der Waals surface area contributed by atoms with Gasteiger partial charge in [0, 0.05) is 31.7 Å². The number of hydrogen-bond donors (Lipinski definition) is 1. The van der Waals surface area contributed by atoms with Gasteiger partial charge >= 0.3 is 6.18 Å². The van der Waals surface area contributed by atoms with Crippen molar-refractivity contribution >= 4 is 24.8 Å². The molecular formula is C19H23Cl2F3N2O. The zero-order valence-electron chi connectivity index (χ0n) is 14.6. The minimum absolute atomic E-state index is 0. The molecule has 0 radical (unpaired) electrons. The lowest BCUT2D eigenvalue weighted by Gasteiger charge is -2.36. The average molecular weight is 423 g/mol. The molecule has 3 rings (SSSR count). The van der Waals surface area contributed by atoms with Gasteiger partial charge in [-0.15, -0.1) is 24.8 Å². The smallest absolute Gasteiger partial charge is 0.408 e. The minimum atomic E-state index is -4.36. The van der Waals surface area contributed by atoms with Gasteiger partial charge < -0.3 is 10.1 Å². The summed E-state index contributed by atoms with van der Waals surface area (Å²) in [6.07, 6.45) is -4.36. The molecule has 1 aliphatic heterocycles. The van der Waals surface area contributed by atoms with Crippen LogP contribution in [0.2, 0.25) is 0 Å². The zero-order chi connectivity index (χ0) is 17.7. The summed E-state index contributed by atoms with van der Waals surface area (Å²) in [5, 5.41) is 3.09. The van der Waals surface area contributed by atoms with Crippen molar-refractivity contribution in [3.63, 3.8) is 0 Å². The van der Waals surface area contributed by atoms with Gasteiger partial charge in [0.1, 0.15) is 18.4 Å². The van der Waals surface area contributed by atoms with Crippen molar-refractivity contribution in [3.05, 3.63) is 65.7 Å². The molecule has 0 aliphatic carbocycles. The molecule has 0 saturated carbocycles. The molecule has 1 fully saturated rings. The molecule has 0 spiro atoms. The molecule has 0 amide bonds. The first kappa shape index (κ1) is 23.6. The molecule has 2 aromatic carbocycles. The summed E-state index contributed by atoms with van der Waals surface area (Å²) < 4.78 is 47.2. The molecule has 1 saturated heterocycles. The fourth-order valence-corrected chi connectivity index (χ4v) is 3.09.